The molecule has 0 bridgehead atoms. The number of hydrogen-bond acceptors (Lipinski definition) is 1. The van der Waals surface area contributed by atoms with Gasteiger partial charge in [-0.1, -0.05) is 182 Å². The normalized spacial score (nSPS) is 15.5. The van der Waals surface area contributed by atoms with Gasteiger partial charge >= 0.3 is 0 Å². The molecule has 1 aromatic heterocycles. The van der Waals surface area contributed by atoms with Gasteiger partial charge in [-0.25, -0.2) is 0 Å². The molecule has 1 spiro atoms. The smallest absolute Gasteiger partial charge is 0.171 e. The van der Waals surface area contributed by atoms with Crippen LogP contribution < -0.4 is 15.9 Å². The minimum absolute atomic E-state index is 0.551. The Morgan fingerprint density at radius 2 is 0.942 bits per heavy atom. The molecule has 52 heavy (non-hydrogen) atoms. The van der Waals surface area contributed by atoms with Crippen LogP contribution in [0.2, 0.25) is 0 Å². The predicted molar refractivity (Wildman–Crippen MR) is 216 cm³/mol. The van der Waals surface area contributed by atoms with Gasteiger partial charge in [0.2, 0.25) is 0 Å². The van der Waals surface area contributed by atoms with E-state index in [0.29, 0.717) is 0 Å². The van der Waals surface area contributed by atoms with E-state index in [-0.39, 0.29) is 0 Å². The highest BCUT2D eigenvalue weighted by Gasteiger charge is 2.52. The minimum atomic E-state index is -3.11. The summed E-state index contributed by atoms with van der Waals surface area (Å²) >= 11 is 0. The second kappa shape index (κ2) is 10.9. The second-order valence-electron chi connectivity index (χ2n) is 13.9. The molecule has 11 rings (SSSR count). The number of aromatic nitrogens is 1. The van der Waals surface area contributed by atoms with Gasteiger partial charge in [-0.05, 0) is 56.6 Å². The number of hydrogen-bond donors (Lipinski definition) is 0. The Morgan fingerprint density at radius 3 is 1.71 bits per heavy atom. The lowest BCUT2D eigenvalue weighted by Gasteiger charge is -2.40. The van der Waals surface area contributed by atoms with Crippen LogP contribution in [0.15, 0.2) is 194 Å². The third-order valence-corrected chi connectivity index (χ3v) is 14.6. The first kappa shape index (κ1) is 29.5. The molecule has 244 valence electrons. The van der Waals surface area contributed by atoms with E-state index in [0.717, 1.165) is 21.5 Å². The monoisotopic (exact) mass is 681 g/mol. The maximum absolute atomic E-state index is 15.3. The van der Waals surface area contributed by atoms with Crippen LogP contribution in [0.5, 0.6) is 0 Å². The summed E-state index contributed by atoms with van der Waals surface area (Å²) in [5, 5.41) is 5.05. The summed E-state index contributed by atoms with van der Waals surface area (Å²) in [6, 6.07) is 68.9. The first-order valence-corrected chi connectivity index (χ1v) is 19.6. The predicted octanol–water partition coefficient (Wildman–Crippen LogP) is 10.8. The molecule has 0 saturated heterocycles. The van der Waals surface area contributed by atoms with Gasteiger partial charge in [0.1, 0.15) is 0 Å². The average Bonchev–Trinajstić information content (AvgIpc) is 3.72. The molecule has 0 fully saturated rings. The van der Waals surface area contributed by atoms with Crippen molar-refractivity contribution in [3.05, 3.63) is 216 Å². The van der Waals surface area contributed by atoms with Crippen molar-refractivity contribution in [3.63, 3.8) is 0 Å². The molecule has 0 N–H and O–H groups in total. The van der Waals surface area contributed by atoms with Crippen LogP contribution in [-0.4, -0.2) is 4.57 Å². The van der Waals surface area contributed by atoms with Crippen molar-refractivity contribution in [3.8, 4) is 27.9 Å². The van der Waals surface area contributed by atoms with Crippen molar-refractivity contribution in [2.24, 2.45) is 0 Å². The Labute approximate surface area is 302 Å². The van der Waals surface area contributed by atoms with E-state index in [1.807, 2.05) is 60.7 Å². The standard InChI is InChI=1S/C49H32NOP/c51-52(34-15-3-1-4-16-34,35-17-5-2-6-18-35)36-31-29-33(30-32-36)37-21-13-22-40-38-19-7-9-24-42(38)49(47(37)40)43-25-10-12-28-46(43)50-45-27-11-8-20-39(45)41-23-14-26-44(49)48(41)50/h1-32H. The lowest BCUT2D eigenvalue weighted by molar-refractivity contribution is 0.592. The summed E-state index contributed by atoms with van der Waals surface area (Å²) < 4.78 is 17.8. The molecule has 0 amide bonds. The molecule has 1 aliphatic heterocycles. The third-order valence-electron chi connectivity index (χ3n) is 11.5. The fraction of sp³-hybridized carbons (Fsp3) is 0.0204. The fourth-order valence-electron chi connectivity index (χ4n) is 9.44. The maximum atomic E-state index is 15.3. The van der Waals surface area contributed by atoms with Crippen LogP contribution in [-0.2, 0) is 9.98 Å². The molecule has 2 aliphatic rings. The molecule has 0 radical (unpaired) electrons. The van der Waals surface area contributed by atoms with Crippen molar-refractivity contribution in [1.29, 1.82) is 0 Å². The number of fused-ring (bicyclic) bond motifs is 12. The van der Waals surface area contributed by atoms with E-state index in [2.05, 4.69) is 138 Å². The SMILES string of the molecule is O=P(c1ccccc1)(c1ccccc1)c1ccc(-c2cccc3c2C2(c4ccccc4-3)c3ccccc3-n3c4ccccc4c4cccc2c43)cc1. The highest BCUT2D eigenvalue weighted by Crippen LogP contribution is 2.62. The summed E-state index contributed by atoms with van der Waals surface area (Å²) in [5.74, 6) is 0. The van der Waals surface area contributed by atoms with Gasteiger partial charge < -0.3 is 9.13 Å². The molecule has 3 heteroatoms. The van der Waals surface area contributed by atoms with Gasteiger partial charge in [0.25, 0.3) is 0 Å². The Kier molecular flexibility index (Phi) is 6.18. The Morgan fingerprint density at radius 1 is 0.404 bits per heavy atom. The molecule has 2 heterocycles. The summed E-state index contributed by atoms with van der Waals surface area (Å²) in [7, 11) is -3.11. The lowest BCUT2D eigenvalue weighted by atomic mass is 9.64. The highest BCUT2D eigenvalue weighted by molar-refractivity contribution is 7.85. The van der Waals surface area contributed by atoms with Gasteiger partial charge in [0.15, 0.2) is 7.14 Å². The molecule has 0 saturated carbocycles. The summed E-state index contributed by atoms with van der Waals surface area (Å²) in [5.41, 5.74) is 13.2. The van der Waals surface area contributed by atoms with Crippen molar-refractivity contribution in [2.45, 2.75) is 5.41 Å². The molecule has 1 unspecified atom stereocenters. The van der Waals surface area contributed by atoms with Crippen LogP contribution in [0.25, 0.3) is 49.7 Å². The van der Waals surface area contributed by atoms with E-state index in [1.54, 1.807) is 0 Å². The van der Waals surface area contributed by atoms with E-state index < -0.39 is 12.6 Å². The molecular formula is C49H32NOP. The van der Waals surface area contributed by atoms with Gasteiger partial charge in [0.05, 0.1) is 22.1 Å². The third kappa shape index (κ3) is 3.72. The molecule has 9 aromatic rings. The van der Waals surface area contributed by atoms with Crippen molar-refractivity contribution < 1.29 is 4.57 Å². The fourth-order valence-corrected chi connectivity index (χ4v) is 12.1. The number of benzene rings is 8. The number of nitrogens with zero attached hydrogens (tertiary/aromatic N) is 1. The van der Waals surface area contributed by atoms with Crippen LogP contribution in [0.1, 0.15) is 22.3 Å². The van der Waals surface area contributed by atoms with E-state index >= 15 is 4.57 Å². The molecule has 2 nitrogen and oxygen atoms in total. The minimum Gasteiger partial charge on any atom is -0.309 e. The van der Waals surface area contributed by atoms with Crippen molar-refractivity contribution >= 4 is 44.9 Å². The quantitative estimate of drug-likeness (QED) is 0.170. The van der Waals surface area contributed by atoms with Gasteiger partial charge in [-0.15, -0.1) is 0 Å². The van der Waals surface area contributed by atoms with Gasteiger partial charge in [-0.3, -0.25) is 0 Å². The van der Waals surface area contributed by atoms with Crippen molar-refractivity contribution in [1.82, 2.24) is 4.57 Å². The van der Waals surface area contributed by atoms with E-state index in [4.69, 9.17) is 0 Å². The molecule has 1 atom stereocenters. The van der Waals surface area contributed by atoms with E-state index in [9.17, 15) is 0 Å². The zero-order chi connectivity index (χ0) is 34.4. The maximum Gasteiger partial charge on any atom is 0.171 e. The topological polar surface area (TPSA) is 22.0 Å². The first-order valence-electron chi connectivity index (χ1n) is 17.9. The Bertz CT molecular complexity index is 2880. The largest absolute Gasteiger partial charge is 0.309 e. The molecule has 1 aliphatic carbocycles. The van der Waals surface area contributed by atoms with Crippen LogP contribution >= 0.6 is 7.14 Å². The first-order chi connectivity index (χ1) is 25.7. The Balaban J connectivity index is 1.20. The van der Waals surface area contributed by atoms with Crippen LogP contribution in [0, 0.1) is 0 Å². The summed E-state index contributed by atoms with van der Waals surface area (Å²) in [6.45, 7) is 0. The molecule has 8 aromatic carbocycles. The molecular weight excluding hydrogens is 650 g/mol. The van der Waals surface area contributed by atoms with Crippen LogP contribution in [0.3, 0.4) is 0 Å². The Hall–Kier alpha value is -6.21. The van der Waals surface area contributed by atoms with E-state index in [1.165, 1.54) is 66.4 Å². The lowest BCUT2D eigenvalue weighted by Crippen LogP contribution is -2.34. The van der Waals surface area contributed by atoms with Gasteiger partial charge in [-0.2, -0.15) is 0 Å². The zero-order valence-electron chi connectivity index (χ0n) is 28.3. The van der Waals surface area contributed by atoms with Crippen LogP contribution in [0.4, 0.5) is 0 Å². The summed E-state index contributed by atoms with van der Waals surface area (Å²) in [6.07, 6.45) is 0. The average molecular weight is 682 g/mol. The van der Waals surface area contributed by atoms with Crippen molar-refractivity contribution in [2.75, 3.05) is 0 Å². The highest BCUT2D eigenvalue weighted by atomic mass is 31.2. The number of para-hydroxylation sites is 3. The second-order valence-corrected chi connectivity index (χ2v) is 16.7. The zero-order valence-corrected chi connectivity index (χ0v) is 29.2. The number of rotatable bonds is 4. The summed E-state index contributed by atoms with van der Waals surface area (Å²) in [4.78, 5) is 0. The van der Waals surface area contributed by atoms with Gasteiger partial charge in [0, 0.05) is 26.7 Å².